The van der Waals surface area contributed by atoms with Crippen LogP contribution in [0, 0.1) is 5.82 Å². The van der Waals surface area contributed by atoms with E-state index in [1.165, 1.54) is 12.1 Å². The Morgan fingerprint density at radius 2 is 1.87 bits per heavy atom. The molecule has 0 radical (unpaired) electrons. The number of nitrogens with one attached hydrogen (secondary N) is 1. The van der Waals surface area contributed by atoms with Crippen LogP contribution in [0.4, 0.5) is 4.39 Å². The maximum atomic E-state index is 13.1. The van der Waals surface area contributed by atoms with Crippen molar-refractivity contribution in [2.75, 3.05) is 39.3 Å². The Labute approximate surface area is 143 Å². The molecule has 1 unspecified atom stereocenters. The third-order valence-corrected chi connectivity index (χ3v) is 4.70. The van der Waals surface area contributed by atoms with Gasteiger partial charge in [0, 0.05) is 45.2 Å². The fraction of sp³-hybridized carbons (Fsp3) is 0.588. The molecular weight excluding hydrogens is 317 g/mol. The van der Waals surface area contributed by atoms with E-state index in [0.29, 0.717) is 12.5 Å². The van der Waals surface area contributed by atoms with Gasteiger partial charge < -0.3 is 10.2 Å². The summed E-state index contributed by atoms with van der Waals surface area (Å²) in [6.45, 7) is 5.25. The molecule has 2 aliphatic heterocycles. The maximum absolute atomic E-state index is 13.1. The molecule has 1 atom stereocenters. The second-order valence-corrected chi connectivity index (χ2v) is 6.13. The van der Waals surface area contributed by atoms with Crippen molar-refractivity contribution in [1.82, 2.24) is 15.1 Å². The van der Waals surface area contributed by atoms with E-state index in [-0.39, 0.29) is 24.1 Å². The van der Waals surface area contributed by atoms with Crippen molar-refractivity contribution >= 4 is 18.3 Å². The summed E-state index contributed by atoms with van der Waals surface area (Å²) in [5.41, 5.74) is 1.16. The molecule has 2 saturated heterocycles. The highest BCUT2D eigenvalue weighted by Gasteiger charge is 2.27. The minimum Gasteiger partial charge on any atom is -0.340 e. The molecule has 1 aromatic rings. The summed E-state index contributed by atoms with van der Waals surface area (Å²) in [5.74, 6) is 0.0634. The highest BCUT2D eigenvalue weighted by Crippen LogP contribution is 2.31. The van der Waals surface area contributed by atoms with E-state index in [2.05, 4.69) is 10.2 Å². The van der Waals surface area contributed by atoms with Gasteiger partial charge in [0.05, 0.1) is 0 Å². The number of hydrogen-bond donors (Lipinski definition) is 1. The molecule has 2 heterocycles. The Hall–Kier alpha value is -1.17. The Balaban J connectivity index is 0.00000192. The standard InChI is InChI=1S/C17H24FN3O.ClH/c18-15-5-3-14(4-6-15)16-2-1-10-20(16)11-7-17(22)21-12-8-19-9-13-21;/h3-6,16,19H,1-2,7-13H2;1H. The number of hydrogen-bond acceptors (Lipinski definition) is 3. The fourth-order valence-electron chi connectivity index (χ4n) is 3.47. The molecular formula is C17H25ClFN3O. The number of carbonyl (C=O) groups is 1. The van der Waals surface area contributed by atoms with E-state index in [1.54, 1.807) is 0 Å². The lowest BCUT2D eigenvalue weighted by Crippen LogP contribution is -2.47. The zero-order chi connectivity index (χ0) is 15.4. The summed E-state index contributed by atoms with van der Waals surface area (Å²) in [4.78, 5) is 16.6. The summed E-state index contributed by atoms with van der Waals surface area (Å²) in [6.07, 6.45) is 2.81. The van der Waals surface area contributed by atoms with Crippen molar-refractivity contribution in [3.63, 3.8) is 0 Å². The molecule has 23 heavy (non-hydrogen) atoms. The van der Waals surface area contributed by atoms with Crippen LogP contribution in [0.1, 0.15) is 30.9 Å². The number of halogens is 2. The molecule has 1 aromatic carbocycles. The summed E-state index contributed by atoms with van der Waals surface area (Å²) < 4.78 is 13.1. The van der Waals surface area contributed by atoms with Gasteiger partial charge in [-0.15, -0.1) is 12.4 Å². The van der Waals surface area contributed by atoms with Crippen molar-refractivity contribution in [3.05, 3.63) is 35.6 Å². The minimum atomic E-state index is -0.192. The van der Waals surface area contributed by atoms with Crippen LogP contribution in [-0.2, 0) is 4.79 Å². The van der Waals surface area contributed by atoms with Gasteiger partial charge in [-0.2, -0.15) is 0 Å². The summed E-state index contributed by atoms with van der Waals surface area (Å²) >= 11 is 0. The third-order valence-electron chi connectivity index (χ3n) is 4.70. The van der Waals surface area contributed by atoms with Crippen LogP contribution in [0.25, 0.3) is 0 Å². The fourth-order valence-corrected chi connectivity index (χ4v) is 3.47. The van der Waals surface area contributed by atoms with Gasteiger partial charge >= 0.3 is 0 Å². The maximum Gasteiger partial charge on any atom is 0.223 e. The molecule has 1 N–H and O–H groups in total. The number of benzene rings is 1. The van der Waals surface area contributed by atoms with Crippen LogP contribution in [0.2, 0.25) is 0 Å². The van der Waals surface area contributed by atoms with Crippen LogP contribution < -0.4 is 5.32 Å². The number of carbonyl (C=O) groups excluding carboxylic acids is 1. The first kappa shape index (κ1) is 18.2. The average molecular weight is 342 g/mol. The van der Waals surface area contributed by atoms with Crippen molar-refractivity contribution in [1.29, 1.82) is 0 Å². The molecule has 0 saturated carbocycles. The van der Waals surface area contributed by atoms with Crippen molar-refractivity contribution in [3.8, 4) is 0 Å². The Bertz CT molecular complexity index is 505. The Morgan fingerprint density at radius 1 is 1.17 bits per heavy atom. The van der Waals surface area contributed by atoms with Crippen molar-refractivity contribution in [2.45, 2.75) is 25.3 Å². The first-order valence-electron chi connectivity index (χ1n) is 8.22. The van der Waals surface area contributed by atoms with Gasteiger partial charge in [-0.25, -0.2) is 4.39 Å². The largest absolute Gasteiger partial charge is 0.340 e. The second kappa shape index (κ2) is 8.62. The van der Waals surface area contributed by atoms with Crippen LogP contribution in [0.5, 0.6) is 0 Å². The lowest BCUT2D eigenvalue weighted by atomic mass is 10.0. The first-order chi connectivity index (χ1) is 10.7. The minimum absolute atomic E-state index is 0. The van der Waals surface area contributed by atoms with E-state index < -0.39 is 0 Å². The van der Waals surface area contributed by atoms with Crippen LogP contribution in [-0.4, -0.2) is 55.0 Å². The number of piperazine rings is 1. The second-order valence-electron chi connectivity index (χ2n) is 6.13. The monoisotopic (exact) mass is 341 g/mol. The first-order valence-corrected chi connectivity index (χ1v) is 8.22. The quantitative estimate of drug-likeness (QED) is 0.912. The topological polar surface area (TPSA) is 35.6 Å². The Kier molecular flexibility index (Phi) is 6.81. The summed E-state index contributed by atoms with van der Waals surface area (Å²) in [6, 6.07) is 7.12. The van der Waals surface area contributed by atoms with Gasteiger partial charge in [-0.1, -0.05) is 12.1 Å². The number of rotatable bonds is 4. The highest BCUT2D eigenvalue weighted by atomic mass is 35.5. The van der Waals surface area contributed by atoms with Crippen molar-refractivity contribution in [2.24, 2.45) is 0 Å². The van der Waals surface area contributed by atoms with Crippen molar-refractivity contribution < 1.29 is 9.18 Å². The number of likely N-dealkylation sites (tertiary alicyclic amines) is 1. The zero-order valence-corrected chi connectivity index (χ0v) is 14.2. The van der Waals surface area contributed by atoms with Crippen LogP contribution in [0.3, 0.4) is 0 Å². The van der Waals surface area contributed by atoms with Gasteiger partial charge in [0.15, 0.2) is 0 Å². The summed E-state index contributed by atoms with van der Waals surface area (Å²) in [5, 5.41) is 3.26. The SMILES string of the molecule is Cl.O=C(CCN1CCCC1c1ccc(F)cc1)N1CCNCC1. The Morgan fingerprint density at radius 3 is 2.57 bits per heavy atom. The molecule has 0 spiro atoms. The van der Waals surface area contributed by atoms with E-state index in [9.17, 15) is 9.18 Å². The summed E-state index contributed by atoms with van der Waals surface area (Å²) in [7, 11) is 0. The average Bonchev–Trinajstić information content (AvgIpc) is 3.02. The van der Waals surface area contributed by atoms with Gasteiger partial charge in [-0.3, -0.25) is 9.69 Å². The molecule has 0 bridgehead atoms. The van der Waals surface area contributed by atoms with Gasteiger partial charge in [0.25, 0.3) is 0 Å². The number of amides is 1. The van der Waals surface area contributed by atoms with E-state index in [1.807, 2.05) is 17.0 Å². The lowest BCUT2D eigenvalue weighted by Gasteiger charge is -2.29. The van der Waals surface area contributed by atoms with Gasteiger partial charge in [0.2, 0.25) is 5.91 Å². The molecule has 1 amide bonds. The van der Waals surface area contributed by atoms with Crippen LogP contribution in [0.15, 0.2) is 24.3 Å². The molecule has 4 nitrogen and oxygen atoms in total. The molecule has 3 rings (SSSR count). The molecule has 6 heteroatoms. The molecule has 2 aliphatic rings. The smallest absolute Gasteiger partial charge is 0.223 e. The van der Waals surface area contributed by atoms with E-state index >= 15 is 0 Å². The lowest BCUT2D eigenvalue weighted by molar-refractivity contribution is -0.132. The molecule has 2 fully saturated rings. The molecule has 128 valence electrons. The predicted molar refractivity (Wildman–Crippen MR) is 91.3 cm³/mol. The van der Waals surface area contributed by atoms with E-state index in [4.69, 9.17) is 0 Å². The predicted octanol–water partition coefficient (Wildman–Crippen LogP) is 2.21. The number of nitrogens with zero attached hydrogens (tertiary/aromatic N) is 2. The van der Waals surface area contributed by atoms with Gasteiger partial charge in [0.1, 0.15) is 5.82 Å². The van der Waals surface area contributed by atoms with E-state index in [0.717, 1.165) is 57.7 Å². The third kappa shape index (κ3) is 4.66. The van der Waals surface area contributed by atoms with Crippen LogP contribution >= 0.6 is 12.4 Å². The van der Waals surface area contributed by atoms with Gasteiger partial charge in [-0.05, 0) is 37.1 Å². The normalized spacial score (nSPS) is 22.0. The molecule has 0 aromatic heterocycles. The zero-order valence-electron chi connectivity index (χ0n) is 13.3. The highest BCUT2D eigenvalue weighted by molar-refractivity contribution is 5.85. The molecule has 0 aliphatic carbocycles.